The Bertz CT molecular complexity index is 384. The molecule has 0 aliphatic carbocycles. The van der Waals surface area contributed by atoms with Gasteiger partial charge in [0.05, 0.1) is 6.61 Å². The molecule has 1 rings (SSSR count). The number of nitrogens with one attached hydrogen (secondary N) is 1. The predicted octanol–water partition coefficient (Wildman–Crippen LogP) is 0.842. The highest BCUT2D eigenvalue weighted by Gasteiger charge is 2.12. The van der Waals surface area contributed by atoms with Crippen LogP contribution in [0.2, 0.25) is 0 Å². The van der Waals surface area contributed by atoms with Gasteiger partial charge in [0.2, 0.25) is 17.8 Å². The molecule has 19 heavy (non-hydrogen) atoms. The molecule has 1 heterocycles. The monoisotopic (exact) mass is 268 g/mol. The number of ether oxygens (including phenoxy) is 1. The zero-order chi connectivity index (χ0) is 14.3. The predicted molar refractivity (Wildman–Crippen MR) is 78.1 cm³/mol. The van der Waals surface area contributed by atoms with Gasteiger partial charge in [0.15, 0.2) is 0 Å². The lowest BCUT2D eigenvalue weighted by Gasteiger charge is -2.22. The van der Waals surface area contributed by atoms with Crippen molar-refractivity contribution in [3.05, 3.63) is 0 Å². The third-order valence-electron chi connectivity index (χ3n) is 2.58. The van der Waals surface area contributed by atoms with Crippen LogP contribution in [0.5, 0.6) is 0 Å². The van der Waals surface area contributed by atoms with E-state index in [0.29, 0.717) is 24.5 Å². The first-order valence-corrected chi connectivity index (χ1v) is 6.53. The molecule has 0 bridgehead atoms. The summed E-state index contributed by atoms with van der Waals surface area (Å²) in [7, 11) is 5.52. The number of rotatable bonds is 8. The minimum absolute atomic E-state index is 0.604. The lowest BCUT2D eigenvalue weighted by Crippen LogP contribution is -2.30. The van der Waals surface area contributed by atoms with Crippen molar-refractivity contribution in [2.45, 2.75) is 13.8 Å². The van der Waals surface area contributed by atoms with Gasteiger partial charge < -0.3 is 19.9 Å². The van der Waals surface area contributed by atoms with Crippen LogP contribution in [0.25, 0.3) is 0 Å². The average Bonchev–Trinajstić information content (AvgIpc) is 2.39. The van der Waals surface area contributed by atoms with Crippen molar-refractivity contribution in [3.8, 4) is 0 Å². The molecule has 0 unspecified atom stereocenters. The number of hydrogen-bond donors (Lipinski definition) is 1. The zero-order valence-corrected chi connectivity index (χ0v) is 12.5. The first-order chi connectivity index (χ1) is 9.12. The number of likely N-dealkylation sites (N-methyl/N-ethyl adjacent to an activating group) is 1. The molecule has 1 aromatic rings. The lowest BCUT2D eigenvalue weighted by atomic mass is 10.5. The molecule has 0 saturated carbocycles. The van der Waals surface area contributed by atoms with Crippen molar-refractivity contribution in [3.63, 3.8) is 0 Å². The molecule has 0 aliphatic rings. The Balaban J connectivity index is 3.02. The van der Waals surface area contributed by atoms with Crippen molar-refractivity contribution >= 4 is 17.8 Å². The van der Waals surface area contributed by atoms with E-state index in [4.69, 9.17) is 4.74 Å². The van der Waals surface area contributed by atoms with Gasteiger partial charge in [-0.3, -0.25) is 0 Å². The van der Waals surface area contributed by atoms with Gasteiger partial charge in [-0.1, -0.05) is 0 Å². The van der Waals surface area contributed by atoms with E-state index in [1.54, 1.807) is 7.11 Å². The van der Waals surface area contributed by atoms with Crippen LogP contribution in [0.3, 0.4) is 0 Å². The maximum Gasteiger partial charge on any atom is 0.232 e. The molecule has 0 amide bonds. The molecule has 0 atom stereocenters. The van der Waals surface area contributed by atoms with Gasteiger partial charge in [0.25, 0.3) is 0 Å². The van der Waals surface area contributed by atoms with Crippen LogP contribution >= 0.6 is 0 Å². The van der Waals surface area contributed by atoms with Crippen LogP contribution in [0.15, 0.2) is 0 Å². The van der Waals surface area contributed by atoms with Crippen LogP contribution in [0.4, 0.5) is 17.8 Å². The standard InChI is InChI=1S/C12H24N6O/c1-6-13-10-14-11(17(3)4)16-12(15-10)18(7-2)8-9-19-5/h6-9H2,1-5H3,(H,13,14,15,16). The lowest BCUT2D eigenvalue weighted by molar-refractivity contribution is 0.205. The minimum atomic E-state index is 0.604. The topological polar surface area (TPSA) is 66.4 Å². The fourth-order valence-electron chi connectivity index (χ4n) is 1.53. The SMILES string of the molecule is CCNc1nc(N(C)C)nc(N(CC)CCOC)n1. The normalized spacial score (nSPS) is 10.4. The molecule has 0 radical (unpaired) electrons. The summed E-state index contributed by atoms with van der Waals surface area (Å²) in [6.07, 6.45) is 0. The van der Waals surface area contributed by atoms with E-state index in [9.17, 15) is 0 Å². The molecule has 0 fully saturated rings. The molecular formula is C12H24N6O. The van der Waals surface area contributed by atoms with Gasteiger partial charge in [-0.15, -0.1) is 0 Å². The number of anilines is 3. The van der Waals surface area contributed by atoms with E-state index in [1.807, 2.05) is 25.9 Å². The number of aromatic nitrogens is 3. The third kappa shape index (κ3) is 4.51. The molecular weight excluding hydrogens is 244 g/mol. The molecule has 1 aromatic heterocycles. The summed E-state index contributed by atoms with van der Waals surface area (Å²) in [5.41, 5.74) is 0. The fourth-order valence-corrected chi connectivity index (χ4v) is 1.53. The number of nitrogens with zero attached hydrogens (tertiary/aromatic N) is 5. The first kappa shape index (κ1) is 15.4. The Morgan fingerprint density at radius 3 is 2.32 bits per heavy atom. The van der Waals surface area contributed by atoms with Crippen molar-refractivity contribution in [1.82, 2.24) is 15.0 Å². The summed E-state index contributed by atoms with van der Waals surface area (Å²) < 4.78 is 5.11. The van der Waals surface area contributed by atoms with E-state index >= 15 is 0 Å². The third-order valence-corrected chi connectivity index (χ3v) is 2.58. The Kier molecular flexibility index (Phi) is 6.27. The zero-order valence-electron chi connectivity index (χ0n) is 12.5. The van der Waals surface area contributed by atoms with E-state index in [1.165, 1.54) is 0 Å². The highest BCUT2D eigenvalue weighted by atomic mass is 16.5. The summed E-state index contributed by atoms with van der Waals surface area (Å²) in [5, 5.41) is 3.13. The highest BCUT2D eigenvalue weighted by Crippen LogP contribution is 2.14. The van der Waals surface area contributed by atoms with Crippen LogP contribution in [-0.2, 0) is 4.74 Å². The molecule has 7 heteroatoms. The molecule has 0 spiro atoms. The average molecular weight is 268 g/mol. The van der Waals surface area contributed by atoms with Gasteiger partial charge in [-0.2, -0.15) is 15.0 Å². The number of methoxy groups -OCH3 is 1. The van der Waals surface area contributed by atoms with Gasteiger partial charge in [-0.25, -0.2) is 0 Å². The molecule has 0 aliphatic heterocycles. The van der Waals surface area contributed by atoms with Gasteiger partial charge in [0, 0.05) is 40.8 Å². The van der Waals surface area contributed by atoms with Crippen molar-refractivity contribution < 1.29 is 4.74 Å². The van der Waals surface area contributed by atoms with Gasteiger partial charge >= 0.3 is 0 Å². The van der Waals surface area contributed by atoms with Gasteiger partial charge in [-0.05, 0) is 13.8 Å². The Labute approximate surface area is 115 Å². The van der Waals surface area contributed by atoms with Crippen LogP contribution < -0.4 is 15.1 Å². The van der Waals surface area contributed by atoms with Crippen molar-refractivity contribution in [1.29, 1.82) is 0 Å². The Morgan fingerprint density at radius 1 is 1.11 bits per heavy atom. The molecule has 0 saturated heterocycles. The summed E-state index contributed by atoms with van der Waals surface area (Å²) in [5.74, 6) is 1.93. The highest BCUT2D eigenvalue weighted by molar-refractivity contribution is 5.44. The quantitative estimate of drug-likeness (QED) is 0.749. The second kappa shape index (κ2) is 7.73. The summed E-state index contributed by atoms with van der Waals surface area (Å²) >= 11 is 0. The van der Waals surface area contributed by atoms with Crippen LogP contribution in [0.1, 0.15) is 13.8 Å². The second-order valence-electron chi connectivity index (χ2n) is 4.26. The molecule has 7 nitrogen and oxygen atoms in total. The van der Waals surface area contributed by atoms with Crippen LogP contribution in [-0.4, -0.2) is 62.4 Å². The van der Waals surface area contributed by atoms with Crippen molar-refractivity contribution in [2.75, 3.05) is 62.6 Å². The second-order valence-corrected chi connectivity index (χ2v) is 4.26. The summed E-state index contributed by atoms with van der Waals surface area (Å²) in [6, 6.07) is 0. The summed E-state index contributed by atoms with van der Waals surface area (Å²) in [4.78, 5) is 17.2. The van der Waals surface area contributed by atoms with E-state index < -0.39 is 0 Å². The Hall–Kier alpha value is -1.63. The maximum absolute atomic E-state index is 5.11. The Morgan fingerprint density at radius 2 is 1.79 bits per heavy atom. The largest absolute Gasteiger partial charge is 0.383 e. The first-order valence-electron chi connectivity index (χ1n) is 6.53. The maximum atomic E-state index is 5.11. The van der Waals surface area contributed by atoms with E-state index in [-0.39, 0.29) is 0 Å². The fraction of sp³-hybridized carbons (Fsp3) is 0.750. The smallest absolute Gasteiger partial charge is 0.232 e. The van der Waals surface area contributed by atoms with Gasteiger partial charge in [0.1, 0.15) is 0 Å². The van der Waals surface area contributed by atoms with E-state index in [0.717, 1.165) is 19.6 Å². The number of hydrogen-bond acceptors (Lipinski definition) is 7. The molecule has 108 valence electrons. The summed E-state index contributed by atoms with van der Waals surface area (Å²) in [6.45, 7) is 7.10. The molecule has 1 N–H and O–H groups in total. The van der Waals surface area contributed by atoms with E-state index in [2.05, 4.69) is 32.1 Å². The van der Waals surface area contributed by atoms with Crippen LogP contribution in [0, 0.1) is 0 Å². The molecule has 0 aromatic carbocycles. The van der Waals surface area contributed by atoms with Crippen molar-refractivity contribution in [2.24, 2.45) is 0 Å². The minimum Gasteiger partial charge on any atom is -0.383 e.